The van der Waals surface area contributed by atoms with E-state index in [0.29, 0.717) is 0 Å². The number of nitrogens with zero attached hydrogens (tertiary/aromatic N) is 1. The van der Waals surface area contributed by atoms with Crippen LogP contribution in [0.2, 0.25) is 0 Å². The second-order valence-electron chi connectivity index (χ2n) is 7.34. The Kier molecular flexibility index (Phi) is 5.36. The molecule has 3 nitrogen and oxygen atoms in total. The number of nitrogens with one attached hydrogen (secondary N) is 1. The van der Waals surface area contributed by atoms with Crippen LogP contribution in [0.1, 0.15) is 64.2 Å². The summed E-state index contributed by atoms with van der Waals surface area (Å²) < 4.78 is 0. The summed E-state index contributed by atoms with van der Waals surface area (Å²) in [6.07, 6.45) is 13.1. The average Bonchev–Trinajstić information content (AvgIpc) is 2.92. The zero-order chi connectivity index (χ0) is 13.8. The third kappa shape index (κ3) is 3.96. The summed E-state index contributed by atoms with van der Waals surface area (Å²) in [5.41, 5.74) is 0. The molecule has 1 aliphatic heterocycles. The quantitative estimate of drug-likeness (QED) is 0.831. The molecule has 0 radical (unpaired) electrons. The molecule has 2 N–H and O–H groups in total. The lowest BCUT2D eigenvalue weighted by atomic mass is 9.92. The van der Waals surface area contributed by atoms with Gasteiger partial charge in [0.2, 0.25) is 0 Å². The fourth-order valence-electron chi connectivity index (χ4n) is 4.48. The van der Waals surface area contributed by atoms with Crippen LogP contribution in [0, 0.1) is 5.92 Å². The maximum atomic E-state index is 9.58. The van der Waals surface area contributed by atoms with Gasteiger partial charge in [0.25, 0.3) is 0 Å². The molecular formula is C17H32N2O. The van der Waals surface area contributed by atoms with Crippen molar-refractivity contribution in [3.8, 4) is 0 Å². The molecule has 1 saturated heterocycles. The van der Waals surface area contributed by atoms with Gasteiger partial charge in [0.15, 0.2) is 0 Å². The van der Waals surface area contributed by atoms with Crippen LogP contribution in [0.5, 0.6) is 0 Å². The van der Waals surface area contributed by atoms with Crippen molar-refractivity contribution in [1.29, 1.82) is 0 Å². The molecule has 116 valence electrons. The zero-order valence-electron chi connectivity index (χ0n) is 12.9. The topological polar surface area (TPSA) is 35.5 Å². The summed E-state index contributed by atoms with van der Waals surface area (Å²) in [6.45, 7) is 3.73. The van der Waals surface area contributed by atoms with Gasteiger partial charge in [0, 0.05) is 12.1 Å². The van der Waals surface area contributed by atoms with Gasteiger partial charge in [0.1, 0.15) is 0 Å². The molecule has 3 aliphatic rings. The fraction of sp³-hybridized carbons (Fsp3) is 1.00. The van der Waals surface area contributed by atoms with E-state index in [-0.39, 0.29) is 6.10 Å². The molecule has 2 atom stereocenters. The van der Waals surface area contributed by atoms with Crippen molar-refractivity contribution in [2.45, 2.75) is 82.4 Å². The van der Waals surface area contributed by atoms with Crippen LogP contribution in [0.4, 0.5) is 0 Å². The highest BCUT2D eigenvalue weighted by atomic mass is 16.3. The highest BCUT2D eigenvalue weighted by molar-refractivity contribution is 4.84. The lowest BCUT2D eigenvalue weighted by Crippen LogP contribution is -2.47. The molecule has 0 unspecified atom stereocenters. The van der Waals surface area contributed by atoms with Crippen LogP contribution in [0.3, 0.4) is 0 Å². The molecule has 3 rings (SSSR count). The van der Waals surface area contributed by atoms with Crippen LogP contribution in [0.15, 0.2) is 0 Å². The van der Waals surface area contributed by atoms with E-state index in [4.69, 9.17) is 0 Å². The predicted molar refractivity (Wildman–Crippen MR) is 82.8 cm³/mol. The lowest BCUT2D eigenvalue weighted by molar-refractivity contribution is 0.114. The second-order valence-corrected chi connectivity index (χ2v) is 7.34. The molecule has 3 heteroatoms. The van der Waals surface area contributed by atoms with Crippen LogP contribution in [-0.4, -0.2) is 47.8 Å². The summed E-state index contributed by atoms with van der Waals surface area (Å²) in [7, 11) is 0. The molecule has 0 aromatic rings. The van der Waals surface area contributed by atoms with Gasteiger partial charge in [0.05, 0.1) is 6.10 Å². The predicted octanol–water partition coefficient (Wildman–Crippen LogP) is 2.53. The minimum absolute atomic E-state index is 0.0186. The first kappa shape index (κ1) is 14.8. The van der Waals surface area contributed by atoms with Gasteiger partial charge in [-0.1, -0.05) is 19.3 Å². The molecule has 0 bridgehead atoms. The number of hydrogen-bond donors (Lipinski definition) is 2. The highest BCUT2D eigenvalue weighted by Crippen LogP contribution is 2.27. The highest BCUT2D eigenvalue weighted by Gasteiger charge is 2.27. The van der Waals surface area contributed by atoms with Crippen molar-refractivity contribution < 1.29 is 5.11 Å². The van der Waals surface area contributed by atoms with Crippen molar-refractivity contribution in [2.24, 2.45) is 5.92 Å². The van der Waals surface area contributed by atoms with Crippen molar-refractivity contribution in [2.75, 3.05) is 19.6 Å². The van der Waals surface area contributed by atoms with Crippen LogP contribution < -0.4 is 5.32 Å². The lowest BCUT2D eigenvalue weighted by Gasteiger charge is -2.39. The largest absolute Gasteiger partial charge is 0.393 e. The summed E-state index contributed by atoms with van der Waals surface area (Å²) in [5, 5.41) is 13.4. The van der Waals surface area contributed by atoms with Crippen molar-refractivity contribution in [1.82, 2.24) is 10.2 Å². The number of rotatable bonds is 4. The fourth-order valence-corrected chi connectivity index (χ4v) is 4.48. The molecule has 0 spiro atoms. The first-order valence-electron chi connectivity index (χ1n) is 8.97. The SMILES string of the molecule is O[C@@H]1CC[C@H](CNC2CCN(C3CCCCC3)CC2)C1. The number of aliphatic hydroxyl groups is 1. The molecule has 0 aromatic carbocycles. The molecule has 0 aromatic heterocycles. The van der Waals surface area contributed by atoms with E-state index in [1.54, 1.807) is 0 Å². The summed E-state index contributed by atoms with van der Waals surface area (Å²) in [5.74, 6) is 0.723. The van der Waals surface area contributed by atoms with Crippen LogP contribution >= 0.6 is 0 Å². The number of likely N-dealkylation sites (tertiary alicyclic amines) is 1. The van der Waals surface area contributed by atoms with Crippen molar-refractivity contribution >= 4 is 0 Å². The van der Waals surface area contributed by atoms with Crippen molar-refractivity contribution in [3.63, 3.8) is 0 Å². The van der Waals surface area contributed by atoms with E-state index in [1.165, 1.54) is 64.5 Å². The minimum Gasteiger partial charge on any atom is -0.393 e. The van der Waals surface area contributed by atoms with Gasteiger partial charge in [-0.25, -0.2) is 0 Å². The van der Waals surface area contributed by atoms with E-state index < -0.39 is 0 Å². The van der Waals surface area contributed by atoms with Gasteiger partial charge in [-0.05, 0) is 70.5 Å². The second kappa shape index (κ2) is 7.24. The first-order valence-corrected chi connectivity index (χ1v) is 8.97. The number of hydrogen-bond acceptors (Lipinski definition) is 3. The summed E-state index contributed by atoms with van der Waals surface area (Å²) in [4.78, 5) is 2.76. The van der Waals surface area contributed by atoms with E-state index in [0.717, 1.165) is 37.4 Å². The minimum atomic E-state index is -0.0186. The van der Waals surface area contributed by atoms with Gasteiger partial charge >= 0.3 is 0 Å². The molecule has 20 heavy (non-hydrogen) atoms. The number of aliphatic hydroxyl groups excluding tert-OH is 1. The van der Waals surface area contributed by atoms with E-state index in [9.17, 15) is 5.11 Å². The molecule has 2 saturated carbocycles. The molecule has 2 aliphatic carbocycles. The first-order chi connectivity index (χ1) is 9.81. The zero-order valence-corrected chi connectivity index (χ0v) is 12.9. The standard InChI is InChI=1S/C17H32N2O/c20-17-7-6-14(12-17)13-18-15-8-10-19(11-9-15)16-4-2-1-3-5-16/h14-18,20H,1-13H2/t14-,17+/m0/s1. The smallest absolute Gasteiger partial charge is 0.0543 e. The molecule has 1 heterocycles. The Bertz CT molecular complexity index is 283. The Labute approximate surface area is 124 Å². The Morgan fingerprint density at radius 1 is 0.900 bits per heavy atom. The summed E-state index contributed by atoms with van der Waals surface area (Å²) in [6, 6.07) is 1.63. The Balaban J connectivity index is 1.33. The van der Waals surface area contributed by atoms with E-state index >= 15 is 0 Å². The maximum Gasteiger partial charge on any atom is 0.0543 e. The molecular weight excluding hydrogens is 248 g/mol. The third-order valence-corrected chi connectivity index (χ3v) is 5.83. The summed E-state index contributed by atoms with van der Waals surface area (Å²) >= 11 is 0. The number of piperidine rings is 1. The maximum absolute atomic E-state index is 9.58. The van der Waals surface area contributed by atoms with E-state index in [1.807, 2.05) is 0 Å². The van der Waals surface area contributed by atoms with Crippen LogP contribution in [0.25, 0.3) is 0 Å². The van der Waals surface area contributed by atoms with Crippen molar-refractivity contribution in [3.05, 3.63) is 0 Å². The Morgan fingerprint density at radius 3 is 2.30 bits per heavy atom. The molecule has 3 fully saturated rings. The average molecular weight is 280 g/mol. The Hall–Kier alpha value is -0.120. The monoisotopic (exact) mass is 280 g/mol. The van der Waals surface area contributed by atoms with Gasteiger partial charge in [-0.15, -0.1) is 0 Å². The van der Waals surface area contributed by atoms with Gasteiger partial charge < -0.3 is 15.3 Å². The van der Waals surface area contributed by atoms with Crippen LogP contribution in [-0.2, 0) is 0 Å². The normalized spacial score (nSPS) is 34.6. The van der Waals surface area contributed by atoms with Gasteiger partial charge in [-0.3, -0.25) is 0 Å². The molecule has 0 amide bonds. The van der Waals surface area contributed by atoms with Gasteiger partial charge in [-0.2, -0.15) is 0 Å². The third-order valence-electron chi connectivity index (χ3n) is 5.83. The van der Waals surface area contributed by atoms with E-state index in [2.05, 4.69) is 10.2 Å². The Morgan fingerprint density at radius 2 is 1.65 bits per heavy atom.